The largest absolute Gasteiger partial charge is 0.457 e. The van der Waals surface area contributed by atoms with Gasteiger partial charge in [0.05, 0.1) is 19.8 Å². The van der Waals surface area contributed by atoms with Crippen molar-refractivity contribution in [1.82, 2.24) is 0 Å². The van der Waals surface area contributed by atoms with Gasteiger partial charge in [-0.1, -0.05) is 140 Å². The number of hydrogen-bond acceptors (Lipinski definition) is 11. The summed E-state index contributed by atoms with van der Waals surface area (Å²) in [7, 11) is -5.05. The third-order valence-electron chi connectivity index (χ3n) is 9.22. The average molecular weight is 803 g/mol. The fourth-order valence-corrected chi connectivity index (χ4v) is 6.58. The molecular formula is C42H74O12S. The van der Waals surface area contributed by atoms with E-state index in [0.717, 1.165) is 83.5 Å². The fraction of sp³-hybridized carbons (Fsp3) is 0.786. The van der Waals surface area contributed by atoms with E-state index in [-0.39, 0.29) is 19.6 Å². The highest BCUT2D eigenvalue weighted by molar-refractivity contribution is 7.80. The number of hydrogen-bond donors (Lipinski definition) is 4. The molecule has 0 aromatic heterocycles. The van der Waals surface area contributed by atoms with Crippen molar-refractivity contribution < 1.29 is 56.2 Å². The Morgan fingerprint density at radius 2 is 1.25 bits per heavy atom. The van der Waals surface area contributed by atoms with Crippen LogP contribution in [0.1, 0.15) is 149 Å². The summed E-state index contributed by atoms with van der Waals surface area (Å²) >= 11 is 0. The molecule has 13 heteroatoms. The molecule has 0 aliphatic carbocycles. The lowest BCUT2D eigenvalue weighted by Gasteiger charge is -2.41. The minimum absolute atomic E-state index is 0.0307. The van der Waals surface area contributed by atoms with Crippen LogP contribution in [-0.4, -0.2) is 97.5 Å². The quantitative estimate of drug-likeness (QED) is 0.0210. The van der Waals surface area contributed by atoms with E-state index in [1.54, 1.807) is 0 Å². The van der Waals surface area contributed by atoms with Crippen molar-refractivity contribution in [1.29, 1.82) is 0 Å². The highest BCUT2D eigenvalue weighted by atomic mass is 32.3. The van der Waals surface area contributed by atoms with Gasteiger partial charge < -0.3 is 34.3 Å². The van der Waals surface area contributed by atoms with Crippen molar-refractivity contribution >= 4 is 16.4 Å². The van der Waals surface area contributed by atoms with Crippen molar-refractivity contribution in [2.75, 3.05) is 26.4 Å². The van der Waals surface area contributed by atoms with E-state index in [2.05, 4.69) is 66.6 Å². The molecule has 0 saturated carbocycles. The first-order valence-corrected chi connectivity index (χ1v) is 22.3. The van der Waals surface area contributed by atoms with Gasteiger partial charge in [-0.2, -0.15) is 8.42 Å². The minimum Gasteiger partial charge on any atom is -0.457 e. The van der Waals surface area contributed by atoms with Crippen LogP contribution >= 0.6 is 0 Å². The maximum atomic E-state index is 12.6. The number of esters is 1. The van der Waals surface area contributed by atoms with Crippen molar-refractivity contribution in [3.8, 4) is 0 Å². The van der Waals surface area contributed by atoms with E-state index in [1.165, 1.54) is 38.5 Å². The van der Waals surface area contributed by atoms with Gasteiger partial charge in [0.25, 0.3) is 0 Å². The third kappa shape index (κ3) is 28.2. The molecule has 0 bridgehead atoms. The average Bonchev–Trinajstić information content (AvgIpc) is 3.15. The lowest BCUT2D eigenvalue weighted by atomic mass is 9.99. The Labute approximate surface area is 332 Å². The van der Waals surface area contributed by atoms with Crippen LogP contribution in [0.4, 0.5) is 0 Å². The van der Waals surface area contributed by atoms with Crippen LogP contribution in [0.3, 0.4) is 0 Å². The topological polar surface area (TPSA) is 178 Å². The molecule has 1 heterocycles. The first kappa shape index (κ1) is 51.1. The number of carbonyl (C=O) groups excluding carboxylic acids is 1. The summed E-state index contributed by atoms with van der Waals surface area (Å²) in [5, 5.41) is 30.5. The SMILES string of the molecule is CC/C=C\C/C=C\C/C=C\C/C=C\CCCCCCCCCCCOCC(COC1OC(CO)C(O)C(OS(=O)(=O)O)C1O)OC(=O)CCCCCCCC. The van der Waals surface area contributed by atoms with E-state index in [1.807, 2.05) is 0 Å². The highest BCUT2D eigenvalue weighted by Crippen LogP contribution is 2.26. The van der Waals surface area contributed by atoms with Gasteiger partial charge in [0.2, 0.25) is 0 Å². The fourth-order valence-electron chi connectivity index (χ4n) is 6.07. The molecule has 1 rings (SSSR count). The van der Waals surface area contributed by atoms with Crippen LogP contribution in [0.2, 0.25) is 0 Å². The Kier molecular flexibility index (Phi) is 31.7. The van der Waals surface area contributed by atoms with Crippen LogP contribution in [-0.2, 0) is 38.3 Å². The monoisotopic (exact) mass is 802 g/mol. The van der Waals surface area contributed by atoms with Gasteiger partial charge in [0.15, 0.2) is 6.29 Å². The van der Waals surface area contributed by atoms with Gasteiger partial charge in [-0.3, -0.25) is 9.35 Å². The normalized spacial score (nSPS) is 21.5. The van der Waals surface area contributed by atoms with E-state index < -0.39 is 59.8 Å². The molecule has 1 aliphatic rings. The van der Waals surface area contributed by atoms with Crippen LogP contribution < -0.4 is 0 Å². The highest BCUT2D eigenvalue weighted by Gasteiger charge is 2.48. The number of carbonyl (C=O) groups is 1. The maximum Gasteiger partial charge on any atom is 0.397 e. The molecule has 6 unspecified atom stereocenters. The summed E-state index contributed by atoms with van der Waals surface area (Å²) in [6, 6.07) is 0. The van der Waals surface area contributed by atoms with Gasteiger partial charge in [-0.25, -0.2) is 4.18 Å². The molecule has 320 valence electrons. The molecule has 12 nitrogen and oxygen atoms in total. The molecule has 6 atom stereocenters. The summed E-state index contributed by atoms with van der Waals surface area (Å²) in [5.41, 5.74) is 0. The van der Waals surface area contributed by atoms with E-state index in [4.69, 9.17) is 23.5 Å². The van der Waals surface area contributed by atoms with Crippen LogP contribution in [0.5, 0.6) is 0 Å². The molecule has 1 fully saturated rings. The second kappa shape index (κ2) is 34.1. The standard InChI is InChI=1S/C42H74O12S/c1-3-5-7-9-11-12-13-14-15-16-17-18-19-20-21-22-23-24-25-26-28-30-32-50-34-36(52-38(44)31-29-27-10-8-6-4-2)35-51-42-40(46)41(54-55(47,48)49)39(45)37(33-43)53-42/h5,7,11-12,14-15,17-18,36-37,39-43,45-46H,3-4,6,8-10,13,16,19-35H2,1-2H3,(H,47,48,49)/b7-5-,12-11-,15-14-,18-17-. The van der Waals surface area contributed by atoms with Crippen molar-refractivity contribution in [2.24, 2.45) is 0 Å². The second-order valence-electron chi connectivity index (χ2n) is 14.2. The van der Waals surface area contributed by atoms with Gasteiger partial charge in [0.1, 0.15) is 30.5 Å². The molecule has 1 saturated heterocycles. The molecule has 0 amide bonds. The molecule has 1 aliphatic heterocycles. The molecule has 0 spiro atoms. The van der Waals surface area contributed by atoms with Gasteiger partial charge >= 0.3 is 16.4 Å². The van der Waals surface area contributed by atoms with E-state index >= 15 is 0 Å². The Hall–Kier alpha value is -1.94. The van der Waals surface area contributed by atoms with Gasteiger partial charge in [0, 0.05) is 13.0 Å². The summed E-state index contributed by atoms with van der Waals surface area (Å²) in [4.78, 5) is 12.6. The molecule has 0 aromatic rings. The number of aliphatic hydroxyl groups excluding tert-OH is 3. The van der Waals surface area contributed by atoms with Crippen LogP contribution in [0.15, 0.2) is 48.6 Å². The first-order chi connectivity index (χ1) is 26.6. The Balaban J connectivity index is 2.32. The predicted molar refractivity (Wildman–Crippen MR) is 216 cm³/mol. The lowest BCUT2D eigenvalue weighted by molar-refractivity contribution is -0.301. The van der Waals surface area contributed by atoms with Crippen LogP contribution in [0, 0.1) is 0 Å². The van der Waals surface area contributed by atoms with Gasteiger partial charge in [-0.15, -0.1) is 0 Å². The van der Waals surface area contributed by atoms with Crippen LogP contribution in [0.25, 0.3) is 0 Å². The Bertz CT molecular complexity index is 1160. The molecule has 4 N–H and O–H groups in total. The zero-order valence-corrected chi connectivity index (χ0v) is 34.5. The number of rotatable bonds is 35. The Morgan fingerprint density at radius 1 is 0.709 bits per heavy atom. The summed E-state index contributed by atoms with van der Waals surface area (Å²) in [6.45, 7) is 3.77. The summed E-state index contributed by atoms with van der Waals surface area (Å²) in [6.07, 6.45) is 30.5. The van der Waals surface area contributed by atoms with E-state index in [9.17, 15) is 28.5 Å². The number of aliphatic hydroxyl groups is 3. The zero-order valence-electron chi connectivity index (χ0n) is 33.7. The zero-order chi connectivity index (χ0) is 40.4. The minimum atomic E-state index is -5.05. The molecule has 55 heavy (non-hydrogen) atoms. The predicted octanol–water partition coefficient (Wildman–Crippen LogP) is 8.02. The molecule has 0 radical (unpaired) electrons. The summed E-state index contributed by atoms with van der Waals surface area (Å²) < 4.78 is 58.7. The third-order valence-corrected chi connectivity index (χ3v) is 9.68. The number of ether oxygens (including phenoxy) is 4. The number of allylic oxidation sites excluding steroid dienone is 8. The second-order valence-corrected chi connectivity index (χ2v) is 15.3. The first-order valence-electron chi connectivity index (χ1n) is 20.9. The lowest BCUT2D eigenvalue weighted by Crippen LogP contribution is -2.60. The molecular weight excluding hydrogens is 729 g/mol. The smallest absolute Gasteiger partial charge is 0.397 e. The summed E-state index contributed by atoms with van der Waals surface area (Å²) in [5.74, 6) is -0.413. The van der Waals surface area contributed by atoms with Gasteiger partial charge in [-0.05, 0) is 51.4 Å². The molecule has 0 aromatic carbocycles. The van der Waals surface area contributed by atoms with Crippen molar-refractivity contribution in [3.05, 3.63) is 48.6 Å². The van der Waals surface area contributed by atoms with Crippen molar-refractivity contribution in [2.45, 2.75) is 185 Å². The van der Waals surface area contributed by atoms with E-state index in [0.29, 0.717) is 13.0 Å². The Morgan fingerprint density at radius 3 is 1.84 bits per heavy atom. The van der Waals surface area contributed by atoms with Crippen molar-refractivity contribution in [3.63, 3.8) is 0 Å². The maximum absolute atomic E-state index is 12.6. The number of unbranched alkanes of at least 4 members (excludes halogenated alkanes) is 14.